The van der Waals surface area contributed by atoms with E-state index in [4.69, 9.17) is 37.1 Å². The molecule has 0 radical (unpaired) electrons. The SMILES string of the molecule is CCCOc1c(Cl)cc(C(C)(C)c2ccc(OCc3nc(NS(C)(=O)=O)c(C)o3)cc2)cc1Cl. The first-order valence-electron chi connectivity index (χ1n) is 10.7. The third-order valence-electron chi connectivity index (χ3n) is 5.23. The van der Waals surface area contributed by atoms with Crippen molar-refractivity contribution in [2.24, 2.45) is 0 Å². The molecule has 0 aliphatic heterocycles. The fourth-order valence-corrected chi connectivity index (χ4v) is 4.46. The first-order chi connectivity index (χ1) is 15.9. The van der Waals surface area contributed by atoms with E-state index in [1.54, 1.807) is 6.92 Å². The highest BCUT2D eigenvalue weighted by Crippen LogP contribution is 2.40. The van der Waals surface area contributed by atoms with Gasteiger partial charge in [-0.1, -0.05) is 56.1 Å². The van der Waals surface area contributed by atoms with Gasteiger partial charge in [-0.25, -0.2) is 8.42 Å². The van der Waals surface area contributed by atoms with Crippen molar-refractivity contribution in [3.8, 4) is 11.5 Å². The van der Waals surface area contributed by atoms with Crippen molar-refractivity contribution in [3.63, 3.8) is 0 Å². The maximum atomic E-state index is 11.4. The first-order valence-corrected chi connectivity index (χ1v) is 13.3. The molecule has 0 atom stereocenters. The van der Waals surface area contributed by atoms with Crippen LogP contribution in [0, 0.1) is 6.92 Å². The highest BCUT2D eigenvalue weighted by atomic mass is 35.5. The predicted octanol–water partition coefficient (Wildman–Crippen LogP) is 6.36. The summed E-state index contributed by atoms with van der Waals surface area (Å²) in [6, 6.07) is 11.4. The number of sulfonamides is 1. The molecule has 34 heavy (non-hydrogen) atoms. The second kappa shape index (κ2) is 10.5. The van der Waals surface area contributed by atoms with Crippen LogP contribution in [0.25, 0.3) is 0 Å². The molecule has 0 saturated heterocycles. The van der Waals surface area contributed by atoms with Gasteiger partial charge in [0.05, 0.1) is 22.9 Å². The lowest BCUT2D eigenvalue weighted by atomic mass is 9.78. The maximum absolute atomic E-state index is 11.4. The number of ether oxygens (including phenoxy) is 2. The first kappa shape index (κ1) is 26.2. The van der Waals surface area contributed by atoms with Gasteiger partial charge in [-0.2, -0.15) is 4.98 Å². The predicted molar refractivity (Wildman–Crippen MR) is 135 cm³/mol. The number of nitrogens with one attached hydrogen (secondary N) is 1. The van der Waals surface area contributed by atoms with E-state index in [9.17, 15) is 8.42 Å². The second-order valence-electron chi connectivity index (χ2n) is 8.44. The lowest BCUT2D eigenvalue weighted by molar-refractivity contribution is 0.260. The molecule has 0 aliphatic rings. The van der Waals surface area contributed by atoms with Crippen LogP contribution in [-0.2, 0) is 22.0 Å². The molecule has 0 amide bonds. The molecule has 0 aliphatic carbocycles. The number of hydrogen-bond donors (Lipinski definition) is 1. The fraction of sp³-hybridized carbons (Fsp3) is 0.375. The second-order valence-corrected chi connectivity index (χ2v) is 11.0. The van der Waals surface area contributed by atoms with Gasteiger partial charge in [0.15, 0.2) is 18.2 Å². The Morgan fingerprint density at radius 2 is 1.68 bits per heavy atom. The van der Waals surface area contributed by atoms with Crippen LogP contribution in [0.4, 0.5) is 5.82 Å². The normalized spacial score (nSPS) is 12.0. The monoisotopic (exact) mass is 526 g/mol. The average molecular weight is 527 g/mol. The van der Waals surface area contributed by atoms with Crippen LogP contribution in [0.15, 0.2) is 40.8 Å². The van der Waals surface area contributed by atoms with E-state index >= 15 is 0 Å². The molecule has 10 heteroatoms. The molecule has 0 unspecified atom stereocenters. The summed E-state index contributed by atoms with van der Waals surface area (Å²) >= 11 is 12.9. The Hall–Kier alpha value is -2.42. The smallest absolute Gasteiger partial charge is 0.234 e. The molecule has 1 aromatic heterocycles. The number of oxazole rings is 1. The minimum Gasteiger partial charge on any atom is -0.490 e. The van der Waals surface area contributed by atoms with Crippen molar-refractivity contribution in [1.82, 2.24) is 4.98 Å². The zero-order valence-corrected chi connectivity index (χ0v) is 22.1. The van der Waals surface area contributed by atoms with Crippen LogP contribution >= 0.6 is 23.2 Å². The third-order valence-corrected chi connectivity index (χ3v) is 6.36. The summed E-state index contributed by atoms with van der Waals surface area (Å²) in [4.78, 5) is 4.13. The Kier molecular flexibility index (Phi) is 8.06. The third kappa shape index (κ3) is 6.37. The van der Waals surface area contributed by atoms with Gasteiger partial charge in [0.1, 0.15) is 11.5 Å². The molecule has 0 fully saturated rings. The van der Waals surface area contributed by atoms with Crippen molar-refractivity contribution in [2.75, 3.05) is 17.6 Å². The van der Waals surface area contributed by atoms with E-state index < -0.39 is 10.0 Å². The molecule has 7 nitrogen and oxygen atoms in total. The molecule has 1 N–H and O–H groups in total. The van der Waals surface area contributed by atoms with E-state index in [0.717, 1.165) is 23.8 Å². The van der Waals surface area contributed by atoms with E-state index in [2.05, 4.69) is 23.6 Å². The number of hydrogen-bond acceptors (Lipinski definition) is 6. The number of halogens is 2. The Labute approximate surface area is 210 Å². The van der Waals surface area contributed by atoms with Crippen molar-refractivity contribution in [1.29, 1.82) is 0 Å². The van der Waals surface area contributed by atoms with E-state index in [1.165, 1.54) is 0 Å². The van der Waals surface area contributed by atoms with Crippen molar-refractivity contribution in [3.05, 3.63) is 69.2 Å². The number of aryl methyl sites for hydroxylation is 1. The van der Waals surface area contributed by atoms with Gasteiger partial charge < -0.3 is 13.9 Å². The van der Waals surface area contributed by atoms with Gasteiger partial charge in [-0.3, -0.25) is 4.72 Å². The summed E-state index contributed by atoms with van der Waals surface area (Å²) in [5.74, 6) is 1.91. The molecular formula is C24H28Cl2N2O5S. The Balaban J connectivity index is 1.72. The van der Waals surface area contributed by atoms with Crippen LogP contribution in [-0.4, -0.2) is 26.3 Å². The van der Waals surface area contributed by atoms with Crippen LogP contribution in [0.3, 0.4) is 0 Å². The molecule has 3 aromatic rings. The van der Waals surface area contributed by atoms with E-state index in [1.807, 2.05) is 43.3 Å². The van der Waals surface area contributed by atoms with Gasteiger partial charge >= 0.3 is 0 Å². The minimum absolute atomic E-state index is 0.0550. The molecule has 2 aromatic carbocycles. The molecular weight excluding hydrogens is 499 g/mol. The maximum Gasteiger partial charge on any atom is 0.234 e. The van der Waals surface area contributed by atoms with E-state index in [-0.39, 0.29) is 23.7 Å². The van der Waals surface area contributed by atoms with Crippen molar-refractivity contribution < 1.29 is 22.3 Å². The zero-order valence-electron chi connectivity index (χ0n) is 19.7. The largest absolute Gasteiger partial charge is 0.490 e. The number of benzene rings is 2. The van der Waals surface area contributed by atoms with Crippen LogP contribution in [0.2, 0.25) is 10.0 Å². The summed E-state index contributed by atoms with van der Waals surface area (Å²) in [7, 11) is -3.44. The summed E-state index contributed by atoms with van der Waals surface area (Å²) in [6.07, 6.45) is 1.92. The van der Waals surface area contributed by atoms with Crippen LogP contribution in [0.5, 0.6) is 11.5 Å². The number of rotatable bonds is 10. The van der Waals surface area contributed by atoms with Crippen LogP contribution < -0.4 is 14.2 Å². The number of anilines is 1. The molecule has 0 saturated carbocycles. The van der Waals surface area contributed by atoms with Crippen molar-refractivity contribution >= 4 is 39.0 Å². The standard InChI is InChI=1S/C24H28Cl2N2O5S/c1-6-11-31-22-19(25)12-17(13-20(22)26)24(3,4)16-7-9-18(10-8-16)32-14-21-27-23(15(2)33-21)28-34(5,29)30/h7-10,12-13,28H,6,11,14H2,1-5H3. The lowest BCUT2D eigenvalue weighted by Crippen LogP contribution is -2.19. The van der Waals surface area contributed by atoms with Gasteiger partial charge in [0.2, 0.25) is 15.9 Å². The average Bonchev–Trinajstić information content (AvgIpc) is 3.09. The molecule has 0 bridgehead atoms. The summed E-state index contributed by atoms with van der Waals surface area (Å²) in [5, 5.41) is 0.963. The van der Waals surface area contributed by atoms with Gasteiger partial charge in [-0.05, 0) is 48.7 Å². The summed E-state index contributed by atoms with van der Waals surface area (Å²) in [5.41, 5.74) is 1.63. The van der Waals surface area contributed by atoms with Gasteiger partial charge in [0.25, 0.3) is 0 Å². The highest BCUT2D eigenvalue weighted by molar-refractivity contribution is 7.92. The topological polar surface area (TPSA) is 90.7 Å². The van der Waals surface area contributed by atoms with Crippen LogP contribution in [0.1, 0.15) is 50.0 Å². The summed E-state index contributed by atoms with van der Waals surface area (Å²) < 4.78 is 42.0. The van der Waals surface area contributed by atoms with Gasteiger partial charge in [-0.15, -0.1) is 0 Å². The van der Waals surface area contributed by atoms with Crippen molar-refractivity contribution in [2.45, 2.75) is 46.1 Å². The zero-order chi connectivity index (χ0) is 25.1. The number of aromatic nitrogens is 1. The number of nitrogens with zero attached hydrogens (tertiary/aromatic N) is 1. The fourth-order valence-electron chi connectivity index (χ4n) is 3.33. The summed E-state index contributed by atoms with van der Waals surface area (Å²) in [6.45, 7) is 8.42. The molecule has 0 spiro atoms. The Bertz CT molecular complexity index is 1230. The molecule has 184 valence electrons. The Morgan fingerprint density at radius 3 is 2.24 bits per heavy atom. The quantitative estimate of drug-likeness (QED) is 0.330. The highest BCUT2D eigenvalue weighted by Gasteiger charge is 2.26. The minimum atomic E-state index is -3.44. The molecule has 3 rings (SSSR count). The Morgan fingerprint density at radius 1 is 1.06 bits per heavy atom. The van der Waals surface area contributed by atoms with Gasteiger partial charge in [0, 0.05) is 5.41 Å². The lowest BCUT2D eigenvalue weighted by Gasteiger charge is -2.27. The van der Waals surface area contributed by atoms with E-state index in [0.29, 0.717) is 33.9 Å². The molecule has 1 heterocycles.